The normalized spacial score (nSPS) is 10.7. The average Bonchev–Trinajstić information content (AvgIpc) is 2.10. The first-order chi connectivity index (χ1) is 6.59. The van der Waals surface area contributed by atoms with E-state index >= 15 is 0 Å². The van der Waals surface area contributed by atoms with Crippen LogP contribution in [0.3, 0.4) is 0 Å². The SMILES string of the molecule is Cc1c(F)ccc2cc(O)cc(O)c12. The highest BCUT2D eigenvalue weighted by atomic mass is 19.1. The summed E-state index contributed by atoms with van der Waals surface area (Å²) in [6, 6.07) is 5.53. The van der Waals surface area contributed by atoms with Crippen molar-refractivity contribution >= 4 is 10.8 Å². The topological polar surface area (TPSA) is 40.5 Å². The molecule has 0 saturated carbocycles. The highest BCUT2D eigenvalue weighted by molar-refractivity contribution is 5.92. The molecule has 0 atom stereocenters. The number of halogens is 1. The summed E-state index contributed by atoms with van der Waals surface area (Å²) in [4.78, 5) is 0. The number of phenols is 2. The lowest BCUT2D eigenvalue weighted by atomic mass is 10.0. The maximum Gasteiger partial charge on any atom is 0.127 e. The summed E-state index contributed by atoms with van der Waals surface area (Å²) >= 11 is 0. The van der Waals surface area contributed by atoms with Crippen LogP contribution in [-0.2, 0) is 0 Å². The molecule has 2 rings (SSSR count). The van der Waals surface area contributed by atoms with Crippen molar-refractivity contribution in [3.63, 3.8) is 0 Å². The number of aromatic hydroxyl groups is 2. The number of hydrogen-bond donors (Lipinski definition) is 2. The number of hydrogen-bond acceptors (Lipinski definition) is 2. The maximum absolute atomic E-state index is 13.2. The minimum Gasteiger partial charge on any atom is -0.508 e. The number of benzene rings is 2. The second-order valence-corrected chi connectivity index (χ2v) is 3.24. The van der Waals surface area contributed by atoms with E-state index < -0.39 is 0 Å². The van der Waals surface area contributed by atoms with Gasteiger partial charge >= 0.3 is 0 Å². The molecule has 2 nitrogen and oxygen atoms in total. The maximum atomic E-state index is 13.2. The van der Waals surface area contributed by atoms with Crippen molar-refractivity contribution in [2.45, 2.75) is 6.92 Å². The minimum absolute atomic E-state index is 0.0268. The van der Waals surface area contributed by atoms with Crippen LogP contribution in [0.4, 0.5) is 4.39 Å². The molecule has 0 aromatic heterocycles. The van der Waals surface area contributed by atoms with Gasteiger partial charge in [-0.2, -0.15) is 0 Å². The fraction of sp³-hybridized carbons (Fsp3) is 0.0909. The smallest absolute Gasteiger partial charge is 0.127 e. The summed E-state index contributed by atoms with van der Waals surface area (Å²) < 4.78 is 13.2. The van der Waals surface area contributed by atoms with Crippen LogP contribution in [0, 0.1) is 12.7 Å². The Morgan fingerprint density at radius 2 is 1.86 bits per heavy atom. The summed E-state index contributed by atoms with van der Waals surface area (Å²) in [6.07, 6.45) is 0. The second kappa shape index (κ2) is 2.87. The van der Waals surface area contributed by atoms with Crippen molar-refractivity contribution in [1.82, 2.24) is 0 Å². The molecule has 0 aliphatic heterocycles. The van der Waals surface area contributed by atoms with Crippen LogP contribution in [0.25, 0.3) is 10.8 Å². The first-order valence-corrected chi connectivity index (χ1v) is 4.20. The largest absolute Gasteiger partial charge is 0.508 e. The van der Waals surface area contributed by atoms with Gasteiger partial charge in [0.15, 0.2) is 0 Å². The molecule has 2 N–H and O–H groups in total. The van der Waals surface area contributed by atoms with Gasteiger partial charge in [-0.25, -0.2) is 4.39 Å². The highest BCUT2D eigenvalue weighted by Gasteiger charge is 2.08. The molecule has 0 bridgehead atoms. The minimum atomic E-state index is -0.363. The zero-order chi connectivity index (χ0) is 10.3. The molecular formula is C11H9FO2. The molecule has 2 aromatic rings. The van der Waals surface area contributed by atoms with Crippen molar-refractivity contribution < 1.29 is 14.6 Å². The van der Waals surface area contributed by atoms with Crippen LogP contribution < -0.4 is 0 Å². The van der Waals surface area contributed by atoms with Crippen LogP contribution in [0.2, 0.25) is 0 Å². The standard InChI is InChI=1S/C11H9FO2/c1-6-9(12)3-2-7-4-8(13)5-10(14)11(6)7/h2-5,13-14H,1H3. The molecule has 14 heavy (non-hydrogen) atoms. The molecule has 0 fully saturated rings. The molecule has 0 heterocycles. The van der Waals surface area contributed by atoms with E-state index in [0.29, 0.717) is 16.3 Å². The number of rotatable bonds is 0. The average molecular weight is 192 g/mol. The highest BCUT2D eigenvalue weighted by Crippen LogP contribution is 2.32. The van der Waals surface area contributed by atoms with E-state index in [4.69, 9.17) is 0 Å². The fourth-order valence-electron chi connectivity index (χ4n) is 1.58. The quantitative estimate of drug-likeness (QED) is 0.673. The van der Waals surface area contributed by atoms with E-state index in [-0.39, 0.29) is 17.3 Å². The second-order valence-electron chi connectivity index (χ2n) is 3.24. The Labute approximate surface area is 80.2 Å². The van der Waals surface area contributed by atoms with Crippen molar-refractivity contribution in [2.75, 3.05) is 0 Å². The Bertz CT molecular complexity index is 506. The molecule has 0 amide bonds. The van der Waals surface area contributed by atoms with Gasteiger partial charge in [0, 0.05) is 11.5 Å². The van der Waals surface area contributed by atoms with Crippen LogP contribution in [-0.4, -0.2) is 10.2 Å². The lowest BCUT2D eigenvalue weighted by Crippen LogP contribution is -1.85. The third kappa shape index (κ3) is 1.18. The van der Waals surface area contributed by atoms with Gasteiger partial charge in [-0.15, -0.1) is 0 Å². The Hall–Kier alpha value is -1.77. The van der Waals surface area contributed by atoms with Crippen molar-refractivity contribution in [2.24, 2.45) is 0 Å². The van der Waals surface area contributed by atoms with Crippen LogP contribution in [0.15, 0.2) is 24.3 Å². The van der Waals surface area contributed by atoms with E-state index in [1.165, 1.54) is 24.3 Å². The predicted molar refractivity (Wildman–Crippen MR) is 52.0 cm³/mol. The van der Waals surface area contributed by atoms with Gasteiger partial charge in [-0.3, -0.25) is 0 Å². The molecule has 0 spiro atoms. The monoisotopic (exact) mass is 192 g/mol. The van der Waals surface area contributed by atoms with Crippen molar-refractivity contribution in [3.05, 3.63) is 35.6 Å². The van der Waals surface area contributed by atoms with Crippen molar-refractivity contribution in [1.29, 1.82) is 0 Å². The van der Waals surface area contributed by atoms with Gasteiger partial charge in [0.05, 0.1) is 0 Å². The summed E-state index contributed by atoms with van der Waals surface area (Å²) in [5.74, 6) is -0.489. The van der Waals surface area contributed by atoms with Crippen molar-refractivity contribution in [3.8, 4) is 11.5 Å². The molecular weight excluding hydrogens is 183 g/mol. The van der Waals surface area contributed by atoms with Crippen LogP contribution in [0.1, 0.15) is 5.56 Å². The summed E-state index contributed by atoms with van der Waals surface area (Å²) in [5.41, 5.74) is 0.389. The van der Waals surface area contributed by atoms with Gasteiger partial charge in [0.1, 0.15) is 17.3 Å². The molecule has 3 heteroatoms. The molecule has 0 radical (unpaired) electrons. The Balaban J connectivity index is 2.95. The first kappa shape index (κ1) is 8.81. The lowest BCUT2D eigenvalue weighted by molar-refractivity contribution is 0.454. The van der Waals surface area contributed by atoms with Gasteiger partial charge in [-0.05, 0) is 30.0 Å². The Morgan fingerprint density at radius 1 is 1.14 bits per heavy atom. The summed E-state index contributed by atoms with van der Waals surface area (Å²) in [5, 5.41) is 19.8. The van der Waals surface area contributed by atoms with Crippen LogP contribution >= 0.6 is 0 Å². The van der Waals surface area contributed by atoms with E-state index in [1.807, 2.05) is 0 Å². The Kier molecular flexibility index (Phi) is 1.81. The third-order valence-corrected chi connectivity index (χ3v) is 2.28. The lowest BCUT2D eigenvalue weighted by Gasteiger charge is -2.06. The first-order valence-electron chi connectivity index (χ1n) is 4.20. The summed E-state index contributed by atoms with van der Waals surface area (Å²) in [7, 11) is 0. The molecule has 0 unspecified atom stereocenters. The zero-order valence-electron chi connectivity index (χ0n) is 7.58. The van der Waals surface area contributed by atoms with E-state index in [0.717, 1.165) is 0 Å². The van der Waals surface area contributed by atoms with Crippen LogP contribution in [0.5, 0.6) is 11.5 Å². The summed E-state index contributed by atoms with van der Waals surface area (Å²) in [6.45, 7) is 1.59. The van der Waals surface area contributed by atoms with E-state index in [9.17, 15) is 14.6 Å². The Morgan fingerprint density at radius 3 is 2.57 bits per heavy atom. The van der Waals surface area contributed by atoms with E-state index in [1.54, 1.807) is 6.92 Å². The van der Waals surface area contributed by atoms with Gasteiger partial charge < -0.3 is 10.2 Å². The fourth-order valence-corrected chi connectivity index (χ4v) is 1.58. The van der Waals surface area contributed by atoms with E-state index in [2.05, 4.69) is 0 Å². The molecule has 0 aliphatic carbocycles. The van der Waals surface area contributed by atoms with Gasteiger partial charge in [0.25, 0.3) is 0 Å². The van der Waals surface area contributed by atoms with Gasteiger partial charge in [-0.1, -0.05) is 6.07 Å². The number of fused-ring (bicyclic) bond motifs is 1. The molecule has 2 aromatic carbocycles. The predicted octanol–water partition coefficient (Wildman–Crippen LogP) is 2.70. The number of phenolic OH excluding ortho intramolecular Hbond substituents is 2. The van der Waals surface area contributed by atoms with Gasteiger partial charge in [0.2, 0.25) is 0 Å². The molecule has 0 aliphatic rings. The number of aryl methyl sites for hydroxylation is 1. The zero-order valence-corrected chi connectivity index (χ0v) is 7.58. The molecule has 0 saturated heterocycles. The third-order valence-electron chi connectivity index (χ3n) is 2.28. The molecule has 72 valence electrons.